The van der Waals surface area contributed by atoms with E-state index in [1.807, 2.05) is 0 Å². The summed E-state index contributed by atoms with van der Waals surface area (Å²) in [5.41, 5.74) is 11.0. The summed E-state index contributed by atoms with van der Waals surface area (Å²) >= 11 is 6.03. The molecule has 0 atom stereocenters. The van der Waals surface area contributed by atoms with E-state index in [-0.39, 0.29) is 0 Å². The molecular weight excluding hydrogens is 308 g/mol. The smallest absolute Gasteiger partial charge is 0.203 e. The number of hydrogen-bond donors (Lipinski definition) is 2. The van der Waals surface area contributed by atoms with Crippen LogP contribution in [0.1, 0.15) is 0 Å². The molecule has 2 rings (SSSR count). The SMILES string of the molecule is Nc1nnc(SC/C=C\CSc2nnc(N)s2)s1. The van der Waals surface area contributed by atoms with Gasteiger partial charge >= 0.3 is 0 Å². The Morgan fingerprint density at radius 1 is 0.833 bits per heavy atom. The number of hydrogen-bond acceptors (Lipinski definition) is 10. The van der Waals surface area contributed by atoms with Crippen LogP contribution in [-0.2, 0) is 0 Å². The monoisotopic (exact) mass is 318 g/mol. The molecule has 10 heteroatoms. The molecule has 0 aromatic carbocycles. The molecule has 2 heterocycles. The zero-order valence-electron chi connectivity index (χ0n) is 9.15. The first-order valence-electron chi connectivity index (χ1n) is 4.82. The van der Waals surface area contributed by atoms with Crippen LogP contribution in [0, 0.1) is 0 Å². The molecule has 0 radical (unpaired) electrons. The highest BCUT2D eigenvalue weighted by Crippen LogP contribution is 2.25. The number of nitrogen functional groups attached to an aromatic ring is 2. The summed E-state index contributed by atoms with van der Waals surface area (Å²) in [7, 11) is 0. The van der Waals surface area contributed by atoms with E-state index >= 15 is 0 Å². The normalized spacial score (nSPS) is 11.3. The van der Waals surface area contributed by atoms with Gasteiger partial charge in [-0.2, -0.15) is 0 Å². The molecular formula is C8H10N6S4. The van der Waals surface area contributed by atoms with Crippen molar-refractivity contribution in [2.75, 3.05) is 23.0 Å². The summed E-state index contributed by atoms with van der Waals surface area (Å²) < 4.78 is 1.78. The standard InChI is InChI=1S/C8H10N6S4/c9-5-11-13-7(17-5)15-3-1-2-4-16-8-14-12-6(10)18-8/h1-2H,3-4H2,(H2,9,11)(H2,10,12)/b2-1-. The maximum absolute atomic E-state index is 5.49. The minimum absolute atomic E-state index is 0.505. The Morgan fingerprint density at radius 3 is 1.61 bits per heavy atom. The lowest BCUT2D eigenvalue weighted by Gasteiger charge is -1.90. The third-order valence-electron chi connectivity index (χ3n) is 1.62. The Morgan fingerprint density at radius 2 is 1.28 bits per heavy atom. The van der Waals surface area contributed by atoms with Gasteiger partial charge in [0, 0.05) is 11.5 Å². The first kappa shape index (κ1) is 13.6. The van der Waals surface area contributed by atoms with Crippen LogP contribution in [0.25, 0.3) is 0 Å². The van der Waals surface area contributed by atoms with Gasteiger partial charge in [0.15, 0.2) is 8.68 Å². The second-order valence-corrected chi connectivity index (χ2v) is 7.46. The predicted molar refractivity (Wildman–Crippen MR) is 79.2 cm³/mol. The quantitative estimate of drug-likeness (QED) is 0.615. The van der Waals surface area contributed by atoms with Crippen molar-refractivity contribution in [3.63, 3.8) is 0 Å². The van der Waals surface area contributed by atoms with E-state index in [2.05, 4.69) is 32.5 Å². The van der Waals surface area contributed by atoms with E-state index in [0.29, 0.717) is 10.3 Å². The van der Waals surface area contributed by atoms with Crippen LogP contribution in [0.2, 0.25) is 0 Å². The summed E-state index contributed by atoms with van der Waals surface area (Å²) in [5.74, 6) is 1.71. The van der Waals surface area contributed by atoms with E-state index in [4.69, 9.17) is 11.5 Å². The van der Waals surface area contributed by atoms with E-state index in [1.54, 1.807) is 23.5 Å². The Kier molecular flexibility index (Phi) is 5.23. The number of anilines is 2. The molecule has 2 aromatic heterocycles. The van der Waals surface area contributed by atoms with Gasteiger partial charge in [0.1, 0.15) is 0 Å². The average Bonchev–Trinajstić information content (AvgIpc) is 2.93. The molecule has 0 spiro atoms. The first-order chi connectivity index (χ1) is 8.74. The van der Waals surface area contributed by atoms with Gasteiger partial charge in [-0.25, -0.2) is 0 Å². The largest absolute Gasteiger partial charge is 0.374 e. The van der Waals surface area contributed by atoms with Crippen molar-refractivity contribution in [3.8, 4) is 0 Å². The van der Waals surface area contributed by atoms with Crippen LogP contribution in [0.3, 0.4) is 0 Å². The predicted octanol–water partition coefficient (Wildman–Crippen LogP) is 1.99. The lowest BCUT2D eigenvalue weighted by atomic mass is 10.6. The van der Waals surface area contributed by atoms with Crippen LogP contribution in [0.15, 0.2) is 20.8 Å². The lowest BCUT2D eigenvalue weighted by molar-refractivity contribution is 1.02. The highest BCUT2D eigenvalue weighted by atomic mass is 32.2. The molecule has 6 nitrogen and oxygen atoms in total. The minimum Gasteiger partial charge on any atom is -0.374 e. The van der Waals surface area contributed by atoms with Crippen molar-refractivity contribution < 1.29 is 0 Å². The number of nitrogens with two attached hydrogens (primary N) is 2. The van der Waals surface area contributed by atoms with Crippen molar-refractivity contribution in [1.29, 1.82) is 0 Å². The zero-order chi connectivity index (χ0) is 12.8. The Bertz CT molecular complexity index is 475. The van der Waals surface area contributed by atoms with Crippen molar-refractivity contribution in [2.45, 2.75) is 8.68 Å². The Labute approximate surface area is 120 Å². The molecule has 96 valence electrons. The second-order valence-electron chi connectivity index (χ2n) is 2.91. The summed E-state index contributed by atoms with van der Waals surface area (Å²) in [6.07, 6.45) is 4.17. The third kappa shape index (κ3) is 4.44. The van der Waals surface area contributed by atoms with E-state index in [9.17, 15) is 0 Å². The summed E-state index contributed by atoms with van der Waals surface area (Å²) in [5, 5.41) is 16.3. The van der Waals surface area contributed by atoms with Crippen LogP contribution in [0.5, 0.6) is 0 Å². The molecule has 0 unspecified atom stereocenters. The van der Waals surface area contributed by atoms with Crippen molar-refractivity contribution in [3.05, 3.63) is 12.2 Å². The molecule has 18 heavy (non-hydrogen) atoms. The summed E-state index contributed by atoms with van der Waals surface area (Å²) in [4.78, 5) is 0. The highest BCUT2D eigenvalue weighted by molar-refractivity contribution is 8.01. The molecule has 2 aromatic rings. The van der Waals surface area contributed by atoms with Gasteiger partial charge in [0.05, 0.1) is 0 Å². The topological polar surface area (TPSA) is 104 Å². The second kappa shape index (κ2) is 6.92. The Hall–Kier alpha value is -0.840. The van der Waals surface area contributed by atoms with Gasteiger partial charge in [-0.1, -0.05) is 58.3 Å². The maximum atomic E-state index is 5.49. The minimum atomic E-state index is 0.505. The van der Waals surface area contributed by atoms with Crippen LogP contribution < -0.4 is 11.5 Å². The number of thioether (sulfide) groups is 2. The number of aromatic nitrogens is 4. The molecule has 0 saturated carbocycles. The van der Waals surface area contributed by atoms with Gasteiger partial charge < -0.3 is 11.5 Å². The fourth-order valence-electron chi connectivity index (χ4n) is 0.932. The van der Waals surface area contributed by atoms with Crippen LogP contribution >= 0.6 is 46.2 Å². The lowest BCUT2D eigenvalue weighted by Crippen LogP contribution is -1.80. The zero-order valence-corrected chi connectivity index (χ0v) is 12.4. The van der Waals surface area contributed by atoms with Gasteiger partial charge in [-0.05, 0) is 0 Å². The molecule has 0 aliphatic carbocycles. The van der Waals surface area contributed by atoms with Gasteiger partial charge in [0.2, 0.25) is 10.3 Å². The van der Waals surface area contributed by atoms with Crippen LogP contribution in [0.4, 0.5) is 10.3 Å². The fraction of sp³-hybridized carbons (Fsp3) is 0.250. The number of nitrogens with zero attached hydrogens (tertiary/aromatic N) is 4. The highest BCUT2D eigenvalue weighted by Gasteiger charge is 2.00. The summed E-state index contributed by atoms with van der Waals surface area (Å²) in [6, 6.07) is 0. The molecule has 0 aliphatic heterocycles. The molecule has 0 bridgehead atoms. The molecule has 0 aliphatic rings. The Balaban J connectivity index is 1.63. The van der Waals surface area contributed by atoms with Crippen molar-refractivity contribution in [1.82, 2.24) is 20.4 Å². The molecule has 0 saturated heterocycles. The summed E-state index contributed by atoms with van der Waals surface area (Å²) in [6.45, 7) is 0. The first-order valence-corrected chi connectivity index (χ1v) is 8.43. The maximum Gasteiger partial charge on any atom is 0.203 e. The van der Waals surface area contributed by atoms with Crippen LogP contribution in [-0.4, -0.2) is 31.9 Å². The van der Waals surface area contributed by atoms with E-state index in [1.165, 1.54) is 22.7 Å². The molecule has 0 amide bonds. The third-order valence-corrected chi connectivity index (χ3v) is 5.29. The van der Waals surface area contributed by atoms with Gasteiger partial charge in [0.25, 0.3) is 0 Å². The number of rotatable bonds is 6. The molecule has 0 fully saturated rings. The molecule has 4 N–H and O–H groups in total. The van der Waals surface area contributed by atoms with Gasteiger partial charge in [-0.15, -0.1) is 20.4 Å². The fourth-order valence-corrected chi connectivity index (χ4v) is 3.96. The van der Waals surface area contributed by atoms with Gasteiger partial charge in [-0.3, -0.25) is 0 Å². The van der Waals surface area contributed by atoms with Crippen molar-refractivity contribution >= 4 is 56.5 Å². The van der Waals surface area contributed by atoms with E-state index < -0.39 is 0 Å². The van der Waals surface area contributed by atoms with Crippen molar-refractivity contribution in [2.24, 2.45) is 0 Å². The van der Waals surface area contributed by atoms with E-state index in [0.717, 1.165) is 20.2 Å². The average molecular weight is 318 g/mol.